The van der Waals surface area contributed by atoms with E-state index >= 15 is 0 Å². The van der Waals surface area contributed by atoms with E-state index in [0.717, 1.165) is 19.3 Å². The van der Waals surface area contributed by atoms with Gasteiger partial charge in [-0.1, -0.05) is 12.8 Å². The lowest BCUT2D eigenvalue weighted by Gasteiger charge is -2.28. The Morgan fingerprint density at radius 2 is 1.88 bits per heavy atom. The van der Waals surface area contributed by atoms with Crippen molar-refractivity contribution >= 4 is 28.8 Å². The molecule has 0 saturated heterocycles. The van der Waals surface area contributed by atoms with Crippen LogP contribution in [0.1, 0.15) is 45.7 Å². The highest BCUT2D eigenvalue weighted by atomic mass is 32.1. The summed E-state index contributed by atoms with van der Waals surface area (Å²) in [7, 11) is 0. The van der Waals surface area contributed by atoms with Crippen molar-refractivity contribution in [2.75, 3.05) is 5.32 Å². The van der Waals surface area contributed by atoms with Gasteiger partial charge >= 0.3 is 0 Å². The van der Waals surface area contributed by atoms with Crippen LogP contribution in [0.25, 0.3) is 0 Å². The zero-order valence-electron chi connectivity index (χ0n) is 13.1. The summed E-state index contributed by atoms with van der Waals surface area (Å²) in [5.41, 5.74) is 0.954. The molecule has 2 aromatic rings. The number of thiophene rings is 1. The normalized spacial score (nSPS) is 20.4. The maximum absolute atomic E-state index is 12.5. The molecule has 2 atom stereocenters. The standard InChI is InChI=1S/C17H19N3O3S/c21-14-4-2-1-3-12(14)19-17(23)15-13(7-10-24-15)20-16(22)11-5-8-18-9-6-11/h5-10,12,14,21H,1-4H2,(H,19,23)(H,20,22)/t12-,14-/m0/s1. The summed E-state index contributed by atoms with van der Waals surface area (Å²) in [6.07, 6.45) is 6.05. The Morgan fingerprint density at radius 3 is 2.62 bits per heavy atom. The van der Waals surface area contributed by atoms with Gasteiger partial charge < -0.3 is 15.7 Å². The molecule has 6 nitrogen and oxygen atoms in total. The molecular formula is C17H19N3O3S. The second kappa shape index (κ2) is 7.55. The molecule has 0 aromatic carbocycles. The van der Waals surface area contributed by atoms with Crippen molar-refractivity contribution in [2.45, 2.75) is 37.8 Å². The van der Waals surface area contributed by atoms with Crippen LogP contribution in [0.4, 0.5) is 5.69 Å². The van der Waals surface area contributed by atoms with E-state index in [-0.39, 0.29) is 17.9 Å². The lowest BCUT2D eigenvalue weighted by Crippen LogP contribution is -2.45. The summed E-state index contributed by atoms with van der Waals surface area (Å²) < 4.78 is 0. The minimum absolute atomic E-state index is 0.225. The number of aliphatic hydroxyl groups excluding tert-OH is 1. The first kappa shape index (κ1) is 16.6. The van der Waals surface area contributed by atoms with Gasteiger partial charge in [-0.15, -0.1) is 11.3 Å². The summed E-state index contributed by atoms with van der Waals surface area (Å²) in [5.74, 6) is -0.552. The number of amides is 2. The lowest BCUT2D eigenvalue weighted by molar-refractivity contribution is 0.0720. The number of nitrogens with one attached hydrogen (secondary N) is 2. The van der Waals surface area contributed by atoms with Crippen LogP contribution >= 0.6 is 11.3 Å². The monoisotopic (exact) mass is 345 g/mol. The van der Waals surface area contributed by atoms with Gasteiger partial charge in [0.1, 0.15) is 4.88 Å². The second-order valence-corrected chi connectivity index (χ2v) is 6.70. The second-order valence-electron chi connectivity index (χ2n) is 5.79. The molecule has 7 heteroatoms. The molecule has 1 aliphatic carbocycles. The maximum atomic E-state index is 12.5. The SMILES string of the molecule is O=C(Nc1ccsc1C(=O)N[C@H]1CCCC[C@@H]1O)c1ccncc1. The molecule has 126 valence electrons. The van der Waals surface area contributed by atoms with Crippen molar-refractivity contribution in [3.8, 4) is 0 Å². The molecule has 24 heavy (non-hydrogen) atoms. The average molecular weight is 345 g/mol. The Balaban J connectivity index is 1.68. The van der Waals surface area contributed by atoms with Gasteiger partial charge in [-0.2, -0.15) is 0 Å². The van der Waals surface area contributed by atoms with Crippen LogP contribution in [0.3, 0.4) is 0 Å². The quantitative estimate of drug-likeness (QED) is 0.794. The van der Waals surface area contributed by atoms with Crippen molar-refractivity contribution in [2.24, 2.45) is 0 Å². The highest BCUT2D eigenvalue weighted by Gasteiger charge is 2.26. The number of hydrogen-bond acceptors (Lipinski definition) is 5. The molecule has 0 radical (unpaired) electrons. The number of hydrogen-bond donors (Lipinski definition) is 3. The smallest absolute Gasteiger partial charge is 0.263 e. The van der Waals surface area contributed by atoms with Crippen molar-refractivity contribution in [1.29, 1.82) is 0 Å². The van der Waals surface area contributed by atoms with Gasteiger partial charge in [0.15, 0.2) is 0 Å². The summed E-state index contributed by atoms with van der Waals surface area (Å²) in [5, 5.41) is 17.4. The van der Waals surface area contributed by atoms with Gasteiger partial charge in [-0.25, -0.2) is 0 Å². The van der Waals surface area contributed by atoms with E-state index < -0.39 is 6.10 Å². The van der Waals surface area contributed by atoms with E-state index in [1.54, 1.807) is 36.0 Å². The van der Waals surface area contributed by atoms with E-state index in [9.17, 15) is 14.7 Å². The lowest BCUT2D eigenvalue weighted by atomic mass is 9.92. The van der Waals surface area contributed by atoms with Crippen molar-refractivity contribution < 1.29 is 14.7 Å². The van der Waals surface area contributed by atoms with Crippen LogP contribution in [0.5, 0.6) is 0 Å². The molecular weight excluding hydrogens is 326 g/mol. The van der Waals surface area contributed by atoms with Crippen LogP contribution in [-0.2, 0) is 0 Å². The third kappa shape index (κ3) is 3.80. The maximum Gasteiger partial charge on any atom is 0.263 e. The van der Waals surface area contributed by atoms with Crippen molar-refractivity contribution in [3.63, 3.8) is 0 Å². The number of aliphatic hydroxyl groups is 1. The Kier molecular flexibility index (Phi) is 5.22. The Morgan fingerprint density at radius 1 is 1.12 bits per heavy atom. The Hall–Kier alpha value is -2.25. The molecule has 2 amide bonds. The number of carbonyl (C=O) groups excluding carboxylic acids is 2. The minimum Gasteiger partial charge on any atom is -0.391 e. The van der Waals surface area contributed by atoms with Gasteiger partial charge in [0, 0.05) is 18.0 Å². The Bertz CT molecular complexity index is 717. The van der Waals surface area contributed by atoms with E-state index in [1.165, 1.54) is 11.3 Å². The number of nitrogens with zero attached hydrogens (tertiary/aromatic N) is 1. The number of anilines is 1. The molecule has 1 fully saturated rings. The van der Waals surface area contributed by atoms with E-state index in [1.807, 2.05) is 0 Å². The van der Waals surface area contributed by atoms with Crippen molar-refractivity contribution in [3.05, 3.63) is 46.4 Å². The zero-order valence-corrected chi connectivity index (χ0v) is 13.9. The molecule has 3 rings (SSSR count). The van der Waals surface area contributed by atoms with Gasteiger partial charge in [0.25, 0.3) is 11.8 Å². The van der Waals surface area contributed by atoms with Gasteiger partial charge in [0.05, 0.1) is 17.8 Å². The van der Waals surface area contributed by atoms with Crippen LogP contribution < -0.4 is 10.6 Å². The molecule has 3 N–H and O–H groups in total. The zero-order chi connectivity index (χ0) is 16.9. The largest absolute Gasteiger partial charge is 0.391 e. The topological polar surface area (TPSA) is 91.3 Å². The third-order valence-corrected chi connectivity index (χ3v) is 5.02. The first-order valence-electron chi connectivity index (χ1n) is 7.93. The summed E-state index contributed by atoms with van der Waals surface area (Å²) in [6.45, 7) is 0. The number of aromatic nitrogens is 1. The average Bonchev–Trinajstić information content (AvgIpc) is 3.06. The molecule has 0 spiro atoms. The molecule has 2 aromatic heterocycles. The molecule has 0 bridgehead atoms. The van der Waals surface area contributed by atoms with Gasteiger partial charge in [-0.3, -0.25) is 14.6 Å². The fourth-order valence-electron chi connectivity index (χ4n) is 2.79. The first-order valence-corrected chi connectivity index (χ1v) is 8.81. The van der Waals surface area contributed by atoms with Crippen molar-refractivity contribution in [1.82, 2.24) is 10.3 Å². The summed E-state index contributed by atoms with van der Waals surface area (Å²) in [4.78, 5) is 29.0. The third-order valence-electron chi connectivity index (χ3n) is 4.11. The molecule has 2 heterocycles. The van der Waals surface area contributed by atoms with Gasteiger partial charge in [-0.05, 0) is 36.4 Å². The van der Waals surface area contributed by atoms with Gasteiger partial charge in [0.2, 0.25) is 0 Å². The summed E-state index contributed by atoms with van der Waals surface area (Å²) >= 11 is 1.26. The van der Waals surface area contributed by atoms with E-state index in [0.29, 0.717) is 22.5 Å². The predicted octanol–water partition coefficient (Wildman–Crippen LogP) is 2.43. The van der Waals surface area contributed by atoms with Crippen LogP contribution in [0.2, 0.25) is 0 Å². The number of rotatable bonds is 4. The molecule has 0 aliphatic heterocycles. The number of pyridine rings is 1. The number of carbonyl (C=O) groups is 2. The molecule has 1 aliphatic rings. The fourth-order valence-corrected chi connectivity index (χ4v) is 3.55. The highest BCUT2D eigenvalue weighted by molar-refractivity contribution is 7.12. The van der Waals surface area contributed by atoms with E-state index in [4.69, 9.17) is 0 Å². The predicted molar refractivity (Wildman–Crippen MR) is 92.2 cm³/mol. The van der Waals surface area contributed by atoms with Crippen LogP contribution in [0.15, 0.2) is 36.0 Å². The first-order chi connectivity index (χ1) is 11.6. The molecule has 0 unspecified atom stereocenters. The molecule has 1 saturated carbocycles. The Labute approximate surface area is 143 Å². The minimum atomic E-state index is -0.502. The van der Waals surface area contributed by atoms with E-state index in [2.05, 4.69) is 15.6 Å². The highest BCUT2D eigenvalue weighted by Crippen LogP contribution is 2.24. The summed E-state index contributed by atoms with van der Waals surface area (Å²) in [6, 6.07) is 4.70. The van der Waals surface area contributed by atoms with Crippen LogP contribution in [0, 0.1) is 0 Å². The van der Waals surface area contributed by atoms with Crippen LogP contribution in [-0.4, -0.2) is 34.1 Å². The fraction of sp³-hybridized carbons (Fsp3) is 0.353.